The molecule has 0 aliphatic rings. The van der Waals surface area contributed by atoms with Crippen LogP contribution in [0.15, 0.2) is 47.4 Å². The standard InChI is InChI=1S/C20H25ClFN3O3S/c1-20(2,13-25(3)4)12-23-19(26)14-5-10-17(21)18(11-14)29(27,28)24-16-8-6-15(22)7-9-16/h5-11,24H,12-13H2,1-4H3,(H,23,26). The summed E-state index contributed by atoms with van der Waals surface area (Å²) in [6.07, 6.45) is 0. The Labute approximate surface area is 176 Å². The van der Waals surface area contributed by atoms with Crippen LogP contribution in [0.4, 0.5) is 10.1 Å². The van der Waals surface area contributed by atoms with Crippen molar-refractivity contribution in [1.29, 1.82) is 0 Å². The van der Waals surface area contributed by atoms with E-state index in [1.807, 2.05) is 32.8 Å². The fourth-order valence-corrected chi connectivity index (χ4v) is 4.50. The first-order valence-corrected chi connectivity index (χ1v) is 10.8. The molecule has 158 valence electrons. The van der Waals surface area contributed by atoms with Crippen LogP contribution in [0.3, 0.4) is 0 Å². The van der Waals surface area contributed by atoms with Gasteiger partial charge in [0.2, 0.25) is 0 Å². The number of anilines is 1. The van der Waals surface area contributed by atoms with E-state index in [1.165, 1.54) is 30.3 Å². The van der Waals surface area contributed by atoms with E-state index in [1.54, 1.807) is 0 Å². The van der Waals surface area contributed by atoms with Crippen molar-refractivity contribution in [3.8, 4) is 0 Å². The first-order chi connectivity index (χ1) is 13.4. The molecule has 0 aliphatic carbocycles. The lowest BCUT2D eigenvalue weighted by molar-refractivity contribution is 0.0929. The van der Waals surface area contributed by atoms with Crippen molar-refractivity contribution in [3.63, 3.8) is 0 Å². The van der Waals surface area contributed by atoms with Crippen molar-refractivity contribution in [2.24, 2.45) is 5.41 Å². The molecule has 2 aromatic carbocycles. The van der Waals surface area contributed by atoms with Crippen LogP contribution in [-0.4, -0.2) is 46.4 Å². The number of benzene rings is 2. The molecule has 9 heteroatoms. The average Bonchev–Trinajstić information content (AvgIpc) is 2.60. The maximum atomic E-state index is 13.0. The zero-order chi connectivity index (χ0) is 21.8. The van der Waals surface area contributed by atoms with Crippen LogP contribution < -0.4 is 10.0 Å². The van der Waals surface area contributed by atoms with E-state index in [-0.39, 0.29) is 26.6 Å². The number of rotatable bonds is 8. The normalized spacial score (nSPS) is 12.1. The molecule has 2 aromatic rings. The molecular weight excluding hydrogens is 417 g/mol. The summed E-state index contributed by atoms with van der Waals surface area (Å²) < 4.78 is 40.7. The SMILES string of the molecule is CN(C)CC(C)(C)CNC(=O)c1ccc(Cl)c(S(=O)(=O)Nc2ccc(F)cc2)c1. The lowest BCUT2D eigenvalue weighted by Gasteiger charge is -2.28. The first kappa shape index (κ1) is 23.1. The van der Waals surface area contributed by atoms with Crippen LogP contribution in [0.1, 0.15) is 24.2 Å². The number of carbonyl (C=O) groups is 1. The van der Waals surface area contributed by atoms with E-state index in [0.717, 1.165) is 18.7 Å². The molecule has 6 nitrogen and oxygen atoms in total. The van der Waals surface area contributed by atoms with Gasteiger partial charge in [-0.05, 0) is 62.0 Å². The lowest BCUT2D eigenvalue weighted by Crippen LogP contribution is -2.40. The first-order valence-electron chi connectivity index (χ1n) is 8.90. The van der Waals surface area contributed by atoms with Gasteiger partial charge in [0.05, 0.1) is 5.02 Å². The highest BCUT2D eigenvalue weighted by Gasteiger charge is 2.23. The van der Waals surface area contributed by atoms with Crippen LogP contribution in [-0.2, 0) is 10.0 Å². The number of halogens is 2. The summed E-state index contributed by atoms with van der Waals surface area (Å²) in [7, 11) is -0.158. The van der Waals surface area contributed by atoms with Crippen LogP contribution in [0, 0.1) is 11.2 Å². The molecule has 0 spiro atoms. The molecule has 1 amide bonds. The number of amides is 1. The van der Waals surface area contributed by atoms with Crippen molar-refractivity contribution in [2.45, 2.75) is 18.7 Å². The number of hydrogen-bond donors (Lipinski definition) is 2. The van der Waals surface area contributed by atoms with Gasteiger partial charge in [-0.1, -0.05) is 25.4 Å². The fraction of sp³-hybridized carbons (Fsp3) is 0.350. The molecule has 0 unspecified atom stereocenters. The van der Waals surface area contributed by atoms with Gasteiger partial charge in [0.1, 0.15) is 10.7 Å². The minimum Gasteiger partial charge on any atom is -0.351 e. The van der Waals surface area contributed by atoms with Gasteiger partial charge >= 0.3 is 0 Å². The molecule has 0 saturated carbocycles. The van der Waals surface area contributed by atoms with Crippen molar-refractivity contribution in [1.82, 2.24) is 10.2 Å². The zero-order valence-electron chi connectivity index (χ0n) is 16.8. The molecule has 29 heavy (non-hydrogen) atoms. The van der Waals surface area contributed by atoms with Crippen molar-refractivity contribution < 1.29 is 17.6 Å². The second-order valence-corrected chi connectivity index (χ2v) is 9.90. The monoisotopic (exact) mass is 441 g/mol. The van der Waals surface area contributed by atoms with Gasteiger partial charge in [-0.15, -0.1) is 0 Å². The van der Waals surface area contributed by atoms with E-state index < -0.39 is 21.7 Å². The molecule has 0 aromatic heterocycles. The predicted molar refractivity (Wildman–Crippen MR) is 113 cm³/mol. The molecule has 0 fully saturated rings. The maximum absolute atomic E-state index is 13.0. The quantitative estimate of drug-likeness (QED) is 0.656. The highest BCUT2D eigenvalue weighted by Crippen LogP contribution is 2.25. The largest absolute Gasteiger partial charge is 0.351 e. The van der Waals surface area contributed by atoms with Crippen LogP contribution in [0.5, 0.6) is 0 Å². The number of nitrogens with zero attached hydrogens (tertiary/aromatic N) is 1. The van der Waals surface area contributed by atoms with Crippen molar-refractivity contribution in [2.75, 3.05) is 31.9 Å². The Bertz CT molecular complexity index is 977. The molecule has 2 N–H and O–H groups in total. The minimum absolute atomic E-state index is 0.0240. The molecule has 0 aliphatic heterocycles. The topological polar surface area (TPSA) is 78.5 Å². The summed E-state index contributed by atoms with van der Waals surface area (Å²) in [5.41, 5.74) is 0.197. The van der Waals surface area contributed by atoms with E-state index in [4.69, 9.17) is 11.6 Å². The number of carbonyl (C=O) groups excluding carboxylic acids is 1. The Balaban J connectivity index is 2.20. The third-order valence-electron chi connectivity index (χ3n) is 4.05. The number of hydrogen-bond acceptors (Lipinski definition) is 4. The summed E-state index contributed by atoms with van der Waals surface area (Å²) in [4.78, 5) is 14.3. The maximum Gasteiger partial charge on any atom is 0.263 e. The Hall–Kier alpha value is -2.16. The predicted octanol–water partition coefficient (Wildman–Crippen LogP) is 3.60. The third kappa shape index (κ3) is 6.69. The highest BCUT2D eigenvalue weighted by atomic mass is 35.5. The van der Waals surface area contributed by atoms with Crippen molar-refractivity contribution >= 4 is 33.2 Å². The minimum atomic E-state index is -4.06. The molecule has 2 rings (SSSR count). The molecule has 0 saturated heterocycles. The van der Waals surface area contributed by atoms with E-state index in [2.05, 4.69) is 10.0 Å². The smallest absolute Gasteiger partial charge is 0.263 e. The van der Waals surface area contributed by atoms with Crippen LogP contribution >= 0.6 is 11.6 Å². The molecule has 0 radical (unpaired) electrons. The van der Waals surface area contributed by atoms with Crippen LogP contribution in [0.2, 0.25) is 5.02 Å². The van der Waals surface area contributed by atoms with Crippen molar-refractivity contribution in [3.05, 3.63) is 58.9 Å². The Morgan fingerprint density at radius 1 is 1.14 bits per heavy atom. The van der Waals surface area contributed by atoms with Gasteiger partial charge in [-0.3, -0.25) is 9.52 Å². The number of nitrogens with one attached hydrogen (secondary N) is 2. The molecular formula is C20H25ClFN3O3S. The molecule has 0 atom stereocenters. The Morgan fingerprint density at radius 2 is 1.76 bits per heavy atom. The summed E-state index contributed by atoms with van der Waals surface area (Å²) in [5.74, 6) is -0.881. The molecule has 0 heterocycles. The van der Waals surface area contributed by atoms with Gasteiger partial charge in [0.15, 0.2) is 0 Å². The fourth-order valence-electron chi connectivity index (χ4n) is 2.91. The lowest BCUT2D eigenvalue weighted by atomic mass is 9.93. The summed E-state index contributed by atoms with van der Waals surface area (Å²) >= 11 is 6.07. The third-order valence-corrected chi connectivity index (χ3v) is 5.91. The summed E-state index contributed by atoms with van der Waals surface area (Å²) in [6, 6.07) is 8.92. The van der Waals surface area contributed by atoms with E-state index >= 15 is 0 Å². The van der Waals surface area contributed by atoms with Gasteiger partial charge in [-0.2, -0.15) is 0 Å². The Morgan fingerprint density at radius 3 is 2.34 bits per heavy atom. The molecule has 0 bridgehead atoms. The van der Waals surface area contributed by atoms with Gasteiger partial charge in [-0.25, -0.2) is 12.8 Å². The van der Waals surface area contributed by atoms with E-state index in [9.17, 15) is 17.6 Å². The Kier molecular flexibility index (Phi) is 7.26. The second-order valence-electron chi connectivity index (χ2n) is 7.84. The van der Waals surface area contributed by atoms with Gasteiger partial charge in [0.25, 0.3) is 15.9 Å². The van der Waals surface area contributed by atoms with Crippen LogP contribution in [0.25, 0.3) is 0 Å². The van der Waals surface area contributed by atoms with E-state index in [0.29, 0.717) is 6.54 Å². The van der Waals surface area contributed by atoms with Gasteiger partial charge < -0.3 is 10.2 Å². The zero-order valence-corrected chi connectivity index (χ0v) is 18.4. The average molecular weight is 442 g/mol. The summed E-state index contributed by atoms with van der Waals surface area (Å²) in [6.45, 7) is 5.24. The highest BCUT2D eigenvalue weighted by molar-refractivity contribution is 7.92. The number of sulfonamides is 1. The van der Waals surface area contributed by atoms with Gasteiger partial charge in [0, 0.05) is 24.3 Å². The second kappa shape index (κ2) is 9.11. The summed E-state index contributed by atoms with van der Waals surface area (Å²) in [5, 5.41) is 2.81.